The molecule has 2 rings (SSSR count). The largest absolute Gasteiger partial charge is 0.334 e. The van der Waals surface area contributed by atoms with Gasteiger partial charge in [-0.2, -0.15) is 4.31 Å². The zero-order valence-electron chi connectivity index (χ0n) is 13.0. The van der Waals surface area contributed by atoms with E-state index in [4.69, 9.17) is 4.84 Å². The summed E-state index contributed by atoms with van der Waals surface area (Å²) in [7, 11) is -3.55. The maximum atomic E-state index is 12.5. The minimum atomic E-state index is -3.55. The summed E-state index contributed by atoms with van der Waals surface area (Å²) >= 11 is 1.02. The van der Waals surface area contributed by atoms with Crippen molar-refractivity contribution in [3.63, 3.8) is 0 Å². The predicted octanol–water partition coefficient (Wildman–Crippen LogP) is 0.797. The molecule has 0 fully saturated rings. The van der Waals surface area contributed by atoms with Gasteiger partial charge in [0.1, 0.15) is 4.21 Å². The van der Waals surface area contributed by atoms with E-state index in [0.29, 0.717) is 18.0 Å². The molecule has 9 nitrogen and oxygen atoms in total. The molecule has 0 aliphatic rings. The molecule has 0 radical (unpaired) electrons. The molecule has 11 heteroatoms. The number of sulfonamides is 1. The lowest BCUT2D eigenvalue weighted by atomic mass is 10.4. The van der Waals surface area contributed by atoms with E-state index in [1.807, 2.05) is 0 Å². The predicted molar refractivity (Wildman–Crippen MR) is 83.1 cm³/mol. The Morgan fingerprint density at radius 1 is 1.30 bits per heavy atom. The summed E-state index contributed by atoms with van der Waals surface area (Å²) in [6, 6.07) is 3.08. The lowest BCUT2D eigenvalue weighted by Crippen LogP contribution is -2.29. The molecule has 2 heterocycles. The third-order valence-electron chi connectivity index (χ3n) is 3.02. The van der Waals surface area contributed by atoms with Gasteiger partial charge in [-0.15, -0.1) is 16.4 Å². The van der Waals surface area contributed by atoms with Crippen LogP contribution in [0.3, 0.4) is 0 Å². The van der Waals surface area contributed by atoms with Gasteiger partial charge in [0.05, 0.1) is 4.88 Å². The molecule has 0 N–H and O–H groups in total. The SMILES string of the molecule is CCC(=O)On1nnnc1-c1ccc(S(=O)(=O)N(CC)CC)s1. The Labute approximate surface area is 137 Å². The van der Waals surface area contributed by atoms with E-state index < -0.39 is 16.0 Å². The van der Waals surface area contributed by atoms with Gasteiger partial charge < -0.3 is 4.84 Å². The molecule has 0 aromatic carbocycles. The first-order valence-corrected chi connectivity index (χ1v) is 9.29. The number of aromatic nitrogens is 4. The third-order valence-corrected chi connectivity index (χ3v) is 6.62. The summed E-state index contributed by atoms with van der Waals surface area (Å²) in [5.74, 6) is -0.316. The molecule has 0 saturated carbocycles. The van der Waals surface area contributed by atoms with Crippen molar-refractivity contribution in [3.05, 3.63) is 12.1 Å². The van der Waals surface area contributed by atoms with Crippen LogP contribution in [0, 0.1) is 0 Å². The monoisotopic (exact) mass is 359 g/mol. The Morgan fingerprint density at radius 2 is 2.00 bits per heavy atom. The Bertz CT molecular complexity index is 779. The highest BCUT2D eigenvalue weighted by atomic mass is 32.2. The lowest BCUT2D eigenvalue weighted by Gasteiger charge is -2.16. The van der Waals surface area contributed by atoms with Crippen LogP contribution in [0.5, 0.6) is 0 Å². The van der Waals surface area contributed by atoms with Gasteiger partial charge in [0.25, 0.3) is 10.0 Å². The highest BCUT2D eigenvalue weighted by Gasteiger charge is 2.25. The Hall–Kier alpha value is -1.85. The van der Waals surface area contributed by atoms with E-state index in [0.717, 1.165) is 16.2 Å². The minimum Gasteiger partial charge on any atom is -0.316 e. The van der Waals surface area contributed by atoms with Crippen molar-refractivity contribution in [2.45, 2.75) is 31.4 Å². The van der Waals surface area contributed by atoms with Gasteiger partial charge in [0, 0.05) is 19.5 Å². The topological polar surface area (TPSA) is 107 Å². The quantitative estimate of drug-likeness (QED) is 0.673. The molecule has 0 unspecified atom stereocenters. The molecule has 23 heavy (non-hydrogen) atoms. The molecule has 0 aliphatic heterocycles. The fourth-order valence-electron chi connectivity index (χ4n) is 1.82. The summed E-state index contributed by atoms with van der Waals surface area (Å²) < 4.78 is 26.5. The van der Waals surface area contributed by atoms with Gasteiger partial charge in [-0.3, -0.25) is 0 Å². The zero-order valence-corrected chi connectivity index (χ0v) is 14.6. The van der Waals surface area contributed by atoms with Crippen LogP contribution in [-0.4, -0.2) is 52.2 Å². The van der Waals surface area contributed by atoms with Gasteiger partial charge in [-0.05, 0) is 27.4 Å². The summed E-state index contributed by atoms with van der Waals surface area (Å²) in [4.78, 5) is 17.7. The first-order chi connectivity index (χ1) is 10.9. The second-order valence-electron chi connectivity index (χ2n) is 4.40. The van der Waals surface area contributed by atoms with E-state index in [-0.39, 0.29) is 16.5 Å². The molecule has 0 aliphatic carbocycles. The number of carbonyl (C=O) groups is 1. The van der Waals surface area contributed by atoms with Crippen LogP contribution in [0.1, 0.15) is 27.2 Å². The van der Waals surface area contributed by atoms with Crippen LogP contribution in [-0.2, 0) is 14.8 Å². The first-order valence-electron chi connectivity index (χ1n) is 7.03. The summed E-state index contributed by atoms with van der Waals surface area (Å²) in [5.41, 5.74) is 0. The van der Waals surface area contributed by atoms with Gasteiger partial charge in [0.15, 0.2) is 0 Å². The van der Waals surface area contributed by atoms with Crippen molar-refractivity contribution in [1.29, 1.82) is 0 Å². The van der Waals surface area contributed by atoms with Gasteiger partial charge in [0.2, 0.25) is 5.82 Å². The van der Waals surface area contributed by atoms with Crippen LogP contribution in [0.25, 0.3) is 10.7 Å². The molecule has 0 amide bonds. The number of tetrazole rings is 1. The normalized spacial score (nSPS) is 11.8. The molecule has 0 bridgehead atoms. The zero-order chi connectivity index (χ0) is 17.0. The number of hydrogen-bond donors (Lipinski definition) is 0. The maximum absolute atomic E-state index is 12.5. The van der Waals surface area contributed by atoms with Crippen molar-refractivity contribution >= 4 is 27.3 Å². The Balaban J connectivity index is 2.34. The number of nitrogens with zero attached hydrogens (tertiary/aromatic N) is 5. The van der Waals surface area contributed by atoms with Crippen molar-refractivity contribution in [2.24, 2.45) is 0 Å². The standard InChI is InChI=1S/C12H17N5O4S2/c1-4-10(18)21-17-12(13-14-15-17)9-7-8-11(22-9)23(19,20)16(5-2)6-3/h7-8H,4-6H2,1-3H3. The number of rotatable bonds is 7. The molecule has 126 valence electrons. The Kier molecular flexibility index (Phi) is 5.44. The average molecular weight is 359 g/mol. The number of carbonyl (C=O) groups excluding carboxylic acids is 1. The minimum absolute atomic E-state index is 0.172. The van der Waals surface area contributed by atoms with E-state index in [1.54, 1.807) is 26.8 Å². The van der Waals surface area contributed by atoms with Crippen LogP contribution < -0.4 is 4.84 Å². The van der Waals surface area contributed by atoms with Crippen LogP contribution >= 0.6 is 11.3 Å². The van der Waals surface area contributed by atoms with Gasteiger partial charge in [-0.1, -0.05) is 20.8 Å². The van der Waals surface area contributed by atoms with Crippen molar-refractivity contribution in [2.75, 3.05) is 13.1 Å². The molecular weight excluding hydrogens is 342 g/mol. The number of thiophene rings is 1. The van der Waals surface area contributed by atoms with E-state index in [9.17, 15) is 13.2 Å². The first kappa shape index (κ1) is 17.5. The molecule has 2 aromatic heterocycles. The van der Waals surface area contributed by atoms with Crippen molar-refractivity contribution in [1.82, 2.24) is 24.7 Å². The van der Waals surface area contributed by atoms with E-state index in [1.165, 1.54) is 10.4 Å². The maximum Gasteiger partial charge on any atom is 0.334 e. The number of hydrogen-bond acceptors (Lipinski definition) is 8. The van der Waals surface area contributed by atoms with Crippen LogP contribution in [0.4, 0.5) is 0 Å². The molecule has 0 spiro atoms. The van der Waals surface area contributed by atoms with E-state index in [2.05, 4.69) is 15.5 Å². The summed E-state index contributed by atoms with van der Waals surface area (Å²) in [6.45, 7) is 5.97. The van der Waals surface area contributed by atoms with Gasteiger partial charge in [-0.25, -0.2) is 13.2 Å². The average Bonchev–Trinajstić information content (AvgIpc) is 3.16. The highest BCUT2D eigenvalue weighted by molar-refractivity contribution is 7.91. The molecule has 0 saturated heterocycles. The fourth-order valence-corrected chi connectivity index (χ4v) is 4.70. The lowest BCUT2D eigenvalue weighted by molar-refractivity contribution is -0.145. The molecular formula is C12H17N5O4S2. The third kappa shape index (κ3) is 3.57. The second kappa shape index (κ2) is 7.15. The second-order valence-corrected chi connectivity index (χ2v) is 7.65. The molecule has 0 atom stereocenters. The van der Waals surface area contributed by atoms with Crippen molar-refractivity contribution < 1.29 is 18.0 Å². The van der Waals surface area contributed by atoms with E-state index >= 15 is 0 Å². The molecule has 2 aromatic rings. The summed E-state index contributed by atoms with van der Waals surface area (Å²) in [6.07, 6.45) is 0.172. The van der Waals surface area contributed by atoms with Crippen molar-refractivity contribution in [3.8, 4) is 10.7 Å². The summed E-state index contributed by atoms with van der Waals surface area (Å²) in [5, 5.41) is 10.8. The smallest absolute Gasteiger partial charge is 0.316 e. The van der Waals surface area contributed by atoms with Gasteiger partial charge >= 0.3 is 5.97 Å². The highest BCUT2D eigenvalue weighted by Crippen LogP contribution is 2.30. The Morgan fingerprint density at radius 3 is 2.61 bits per heavy atom. The fraction of sp³-hybridized carbons (Fsp3) is 0.500. The van der Waals surface area contributed by atoms with Crippen LogP contribution in [0.15, 0.2) is 16.3 Å². The van der Waals surface area contributed by atoms with Crippen LogP contribution in [0.2, 0.25) is 0 Å².